The minimum absolute atomic E-state index is 0.284. The van der Waals surface area contributed by atoms with E-state index in [4.69, 9.17) is 16.3 Å². The topological polar surface area (TPSA) is 38.3 Å². The number of rotatable bonds is 4. The summed E-state index contributed by atoms with van der Waals surface area (Å²) in [4.78, 5) is 11.6. The van der Waals surface area contributed by atoms with E-state index in [0.29, 0.717) is 11.3 Å². The van der Waals surface area contributed by atoms with Crippen LogP contribution < -0.4 is 10.1 Å². The Balaban J connectivity index is 1.92. The molecule has 0 aliphatic carbocycles. The van der Waals surface area contributed by atoms with Crippen LogP contribution in [0.15, 0.2) is 66.7 Å². The number of nitrogens with one attached hydrogen (secondary N) is 1. The van der Waals surface area contributed by atoms with Crippen LogP contribution in [0.1, 0.15) is 12.5 Å². The van der Waals surface area contributed by atoms with Crippen molar-refractivity contribution >= 4 is 34.0 Å². The van der Waals surface area contributed by atoms with Crippen molar-refractivity contribution in [3.05, 3.63) is 72.3 Å². The van der Waals surface area contributed by atoms with E-state index in [1.165, 1.54) is 0 Å². The Kier molecular flexibility index (Phi) is 4.45. The SMILES string of the molecule is COc1cccc(C(C)(Cl)C(=O)Nc2cccc3ccccc23)c1. The number of amides is 1. The lowest BCUT2D eigenvalue weighted by molar-refractivity contribution is -0.118. The van der Waals surface area contributed by atoms with Crippen molar-refractivity contribution in [1.29, 1.82) is 0 Å². The highest BCUT2D eigenvalue weighted by molar-refractivity contribution is 6.36. The van der Waals surface area contributed by atoms with E-state index in [-0.39, 0.29) is 5.91 Å². The average molecular weight is 340 g/mol. The molecule has 0 radical (unpaired) electrons. The zero-order chi connectivity index (χ0) is 17.2. The van der Waals surface area contributed by atoms with Gasteiger partial charge in [-0.1, -0.05) is 48.5 Å². The number of fused-ring (bicyclic) bond motifs is 1. The van der Waals surface area contributed by atoms with Crippen molar-refractivity contribution in [2.75, 3.05) is 12.4 Å². The summed E-state index contributed by atoms with van der Waals surface area (Å²) in [6.45, 7) is 1.68. The first-order valence-electron chi connectivity index (χ1n) is 7.65. The molecule has 3 rings (SSSR count). The van der Waals surface area contributed by atoms with Gasteiger partial charge in [-0.25, -0.2) is 0 Å². The smallest absolute Gasteiger partial charge is 0.249 e. The maximum atomic E-state index is 12.8. The molecule has 24 heavy (non-hydrogen) atoms. The quantitative estimate of drug-likeness (QED) is 0.683. The standard InChI is InChI=1S/C20H18ClNO2/c1-20(21,15-9-6-10-16(13-15)24-2)19(23)22-18-12-5-8-14-7-3-4-11-17(14)18/h3-13H,1-2H3,(H,22,23). The molecule has 0 heterocycles. The molecular weight excluding hydrogens is 322 g/mol. The van der Waals surface area contributed by atoms with Crippen molar-refractivity contribution < 1.29 is 9.53 Å². The maximum Gasteiger partial charge on any atom is 0.249 e. The number of carbonyl (C=O) groups is 1. The number of ether oxygens (including phenoxy) is 1. The van der Waals surface area contributed by atoms with Gasteiger partial charge in [0.25, 0.3) is 0 Å². The highest BCUT2D eigenvalue weighted by Crippen LogP contribution is 2.33. The van der Waals surface area contributed by atoms with Crippen LogP contribution in [-0.2, 0) is 9.67 Å². The number of methoxy groups -OCH3 is 1. The zero-order valence-electron chi connectivity index (χ0n) is 13.5. The van der Waals surface area contributed by atoms with Crippen LogP contribution in [0.25, 0.3) is 10.8 Å². The monoisotopic (exact) mass is 339 g/mol. The van der Waals surface area contributed by atoms with Crippen molar-refractivity contribution in [2.45, 2.75) is 11.8 Å². The van der Waals surface area contributed by atoms with Gasteiger partial charge in [0, 0.05) is 11.1 Å². The molecule has 3 aromatic carbocycles. The highest BCUT2D eigenvalue weighted by Gasteiger charge is 2.33. The maximum absolute atomic E-state index is 12.8. The fourth-order valence-corrected chi connectivity index (χ4v) is 2.79. The predicted octanol–water partition coefficient (Wildman–Crippen LogP) is 4.94. The molecule has 1 amide bonds. The summed E-state index contributed by atoms with van der Waals surface area (Å²) >= 11 is 6.57. The molecule has 3 aromatic rings. The summed E-state index contributed by atoms with van der Waals surface area (Å²) in [5.74, 6) is 0.381. The number of halogens is 1. The van der Waals surface area contributed by atoms with Gasteiger partial charge in [-0.3, -0.25) is 4.79 Å². The largest absolute Gasteiger partial charge is 0.497 e. The van der Waals surface area contributed by atoms with Gasteiger partial charge in [-0.2, -0.15) is 0 Å². The molecule has 0 spiro atoms. The molecular formula is C20H18ClNO2. The fraction of sp³-hybridized carbons (Fsp3) is 0.150. The highest BCUT2D eigenvalue weighted by atomic mass is 35.5. The van der Waals surface area contributed by atoms with E-state index >= 15 is 0 Å². The molecule has 0 saturated carbocycles. The summed E-state index contributed by atoms with van der Waals surface area (Å²) in [5, 5.41) is 4.99. The van der Waals surface area contributed by atoms with Crippen LogP contribution in [0.4, 0.5) is 5.69 Å². The molecule has 4 heteroatoms. The second kappa shape index (κ2) is 6.54. The van der Waals surface area contributed by atoms with E-state index in [1.54, 1.807) is 20.1 Å². The molecule has 1 N–H and O–H groups in total. The van der Waals surface area contributed by atoms with Gasteiger partial charge in [0.15, 0.2) is 0 Å². The molecule has 0 aliphatic heterocycles. The van der Waals surface area contributed by atoms with Gasteiger partial charge in [0.1, 0.15) is 10.6 Å². The van der Waals surface area contributed by atoms with Gasteiger partial charge in [-0.15, -0.1) is 11.6 Å². The van der Waals surface area contributed by atoms with Gasteiger partial charge >= 0.3 is 0 Å². The van der Waals surface area contributed by atoms with Crippen molar-refractivity contribution in [2.24, 2.45) is 0 Å². The fourth-order valence-electron chi connectivity index (χ4n) is 2.62. The molecule has 122 valence electrons. The summed E-state index contributed by atoms with van der Waals surface area (Å²) in [7, 11) is 1.58. The number of hydrogen-bond acceptors (Lipinski definition) is 2. The summed E-state index contributed by atoms with van der Waals surface area (Å²) < 4.78 is 5.22. The molecule has 0 saturated heterocycles. The Morgan fingerprint density at radius 3 is 2.54 bits per heavy atom. The molecule has 1 atom stereocenters. The lowest BCUT2D eigenvalue weighted by Crippen LogP contribution is -2.32. The van der Waals surface area contributed by atoms with Gasteiger partial charge in [0.2, 0.25) is 5.91 Å². The van der Waals surface area contributed by atoms with Gasteiger partial charge < -0.3 is 10.1 Å². The Morgan fingerprint density at radius 1 is 1.04 bits per heavy atom. The zero-order valence-corrected chi connectivity index (χ0v) is 14.3. The first-order valence-corrected chi connectivity index (χ1v) is 8.03. The second-order valence-electron chi connectivity index (χ2n) is 5.72. The lowest BCUT2D eigenvalue weighted by atomic mass is 9.98. The lowest BCUT2D eigenvalue weighted by Gasteiger charge is -2.22. The van der Waals surface area contributed by atoms with E-state index in [1.807, 2.05) is 60.7 Å². The number of carbonyl (C=O) groups excluding carboxylic acids is 1. The third-order valence-electron chi connectivity index (χ3n) is 4.08. The minimum atomic E-state index is -1.20. The summed E-state index contributed by atoms with van der Waals surface area (Å²) in [6, 6.07) is 20.9. The molecule has 0 fully saturated rings. The predicted molar refractivity (Wildman–Crippen MR) is 98.8 cm³/mol. The summed E-state index contributed by atoms with van der Waals surface area (Å²) in [5.41, 5.74) is 1.43. The molecule has 3 nitrogen and oxygen atoms in total. The Labute approximate surface area is 146 Å². The Morgan fingerprint density at radius 2 is 1.75 bits per heavy atom. The molecule has 0 bridgehead atoms. The minimum Gasteiger partial charge on any atom is -0.497 e. The van der Waals surface area contributed by atoms with Crippen molar-refractivity contribution in [3.8, 4) is 5.75 Å². The number of alkyl halides is 1. The molecule has 0 aliphatic rings. The Hall–Kier alpha value is -2.52. The van der Waals surface area contributed by atoms with Crippen LogP contribution in [-0.4, -0.2) is 13.0 Å². The van der Waals surface area contributed by atoms with Crippen molar-refractivity contribution in [3.63, 3.8) is 0 Å². The second-order valence-corrected chi connectivity index (χ2v) is 6.47. The van der Waals surface area contributed by atoms with Crippen LogP contribution in [0.5, 0.6) is 5.75 Å². The van der Waals surface area contributed by atoms with Crippen LogP contribution >= 0.6 is 11.6 Å². The number of hydrogen-bond donors (Lipinski definition) is 1. The van der Waals surface area contributed by atoms with E-state index in [2.05, 4.69) is 5.32 Å². The van der Waals surface area contributed by atoms with Gasteiger partial charge in [0.05, 0.1) is 7.11 Å². The van der Waals surface area contributed by atoms with Crippen LogP contribution in [0, 0.1) is 0 Å². The third-order valence-corrected chi connectivity index (χ3v) is 4.47. The van der Waals surface area contributed by atoms with Crippen molar-refractivity contribution in [1.82, 2.24) is 0 Å². The molecule has 1 unspecified atom stereocenters. The third kappa shape index (κ3) is 3.08. The normalized spacial score (nSPS) is 13.3. The molecule has 0 aromatic heterocycles. The van der Waals surface area contributed by atoms with Crippen LogP contribution in [0.2, 0.25) is 0 Å². The van der Waals surface area contributed by atoms with E-state index in [0.717, 1.165) is 16.5 Å². The summed E-state index contributed by atoms with van der Waals surface area (Å²) in [6.07, 6.45) is 0. The first-order chi connectivity index (χ1) is 11.5. The van der Waals surface area contributed by atoms with E-state index < -0.39 is 4.87 Å². The van der Waals surface area contributed by atoms with E-state index in [9.17, 15) is 4.79 Å². The first kappa shape index (κ1) is 16.3. The number of anilines is 1. The average Bonchev–Trinajstić information content (AvgIpc) is 2.62. The van der Waals surface area contributed by atoms with Gasteiger partial charge in [-0.05, 0) is 36.1 Å². The Bertz CT molecular complexity index is 884. The number of benzene rings is 3. The van der Waals surface area contributed by atoms with Crippen LogP contribution in [0.3, 0.4) is 0 Å².